The van der Waals surface area contributed by atoms with Crippen molar-refractivity contribution < 1.29 is 4.74 Å². The van der Waals surface area contributed by atoms with Gasteiger partial charge in [-0.2, -0.15) is 0 Å². The van der Waals surface area contributed by atoms with Crippen LogP contribution in [-0.2, 0) is 11.3 Å². The van der Waals surface area contributed by atoms with E-state index in [1.165, 1.54) is 18.4 Å². The summed E-state index contributed by atoms with van der Waals surface area (Å²) in [5.74, 6) is 1.86. The molecule has 0 aromatic carbocycles. The highest BCUT2D eigenvalue weighted by atomic mass is 127. The number of pyridine rings is 1. The van der Waals surface area contributed by atoms with Gasteiger partial charge in [0.05, 0.1) is 6.61 Å². The van der Waals surface area contributed by atoms with Gasteiger partial charge in [0.25, 0.3) is 0 Å². The summed E-state index contributed by atoms with van der Waals surface area (Å²) in [5.41, 5.74) is 1.21. The van der Waals surface area contributed by atoms with Crippen molar-refractivity contribution in [1.82, 2.24) is 15.6 Å². The van der Waals surface area contributed by atoms with E-state index in [-0.39, 0.29) is 30.0 Å². The third-order valence-electron chi connectivity index (χ3n) is 3.72. The molecule has 23 heavy (non-hydrogen) atoms. The summed E-state index contributed by atoms with van der Waals surface area (Å²) in [5, 5.41) is 6.63. The molecule has 1 aliphatic rings. The molecule has 1 atom stereocenters. The van der Waals surface area contributed by atoms with Crippen LogP contribution in [0.4, 0.5) is 5.82 Å². The number of ether oxygens (including phenoxy) is 1. The van der Waals surface area contributed by atoms with Gasteiger partial charge in [0.1, 0.15) is 5.82 Å². The van der Waals surface area contributed by atoms with E-state index in [0.29, 0.717) is 6.61 Å². The van der Waals surface area contributed by atoms with Gasteiger partial charge in [-0.05, 0) is 37.5 Å². The molecule has 2 rings (SSSR count). The van der Waals surface area contributed by atoms with Crippen LogP contribution in [-0.4, -0.2) is 50.8 Å². The Balaban J connectivity index is 0.00000264. The van der Waals surface area contributed by atoms with E-state index in [1.54, 1.807) is 14.2 Å². The van der Waals surface area contributed by atoms with Crippen LogP contribution in [0.15, 0.2) is 23.3 Å². The summed E-state index contributed by atoms with van der Waals surface area (Å²) in [4.78, 5) is 11.1. The molecule has 130 valence electrons. The number of halogens is 1. The summed E-state index contributed by atoms with van der Waals surface area (Å²) in [6.45, 7) is 5.66. The normalized spacial score (nSPS) is 16.0. The van der Waals surface area contributed by atoms with Gasteiger partial charge in [0, 0.05) is 46.0 Å². The van der Waals surface area contributed by atoms with Gasteiger partial charge in [0.2, 0.25) is 0 Å². The molecule has 0 spiro atoms. The summed E-state index contributed by atoms with van der Waals surface area (Å²) in [6, 6.07) is 4.41. The van der Waals surface area contributed by atoms with Crippen molar-refractivity contribution in [3.63, 3.8) is 0 Å². The minimum Gasteiger partial charge on any atom is -0.383 e. The fourth-order valence-corrected chi connectivity index (χ4v) is 2.60. The molecular weight excluding hydrogens is 405 g/mol. The number of hydrogen-bond acceptors (Lipinski definition) is 4. The number of methoxy groups -OCH3 is 1. The fraction of sp³-hybridized carbons (Fsp3) is 0.625. The van der Waals surface area contributed by atoms with Crippen LogP contribution in [0.3, 0.4) is 0 Å². The van der Waals surface area contributed by atoms with Gasteiger partial charge < -0.3 is 20.3 Å². The quantitative estimate of drug-likeness (QED) is 0.408. The number of hydrogen-bond donors (Lipinski definition) is 2. The molecular formula is C16H28IN5O. The molecule has 0 amide bonds. The monoisotopic (exact) mass is 433 g/mol. The number of guanidine groups is 1. The van der Waals surface area contributed by atoms with Crippen molar-refractivity contribution in [3.05, 3.63) is 23.9 Å². The number of aromatic nitrogens is 1. The standard InChI is InChI=1S/C16H27N5O.HI/c1-13(12-22-3)20-16(17-2)19-11-14-6-7-18-15(10-14)21-8-4-5-9-21;/h6-7,10,13H,4-5,8-9,11-12H2,1-3H3,(H2,17,19,20);1H. The smallest absolute Gasteiger partial charge is 0.191 e. The first-order chi connectivity index (χ1) is 10.7. The first-order valence-corrected chi connectivity index (χ1v) is 7.89. The minimum atomic E-state index is 0. The molecule has 6 nitrogen and oxygen atoms in total. The predicted molar refractivity (Wildman–Crippen MR) is 106 cm³/mol. The van der Waals surface area contributed by atoms with E-state index in [1.807, 2.05) is 12.3 Å². The average molecular weight is 433 g/mol. The van der Waals surface area contributed by atoms with E-state index in [2.05, 4.69) is 38.5 Å². The molecule has 1 aliphatic heterocycles. The summed E-state index contributed by atoms with van der Waals surface area (Å²) >= 11 is 0. The molecule has 1 fully saturated rings. The molecule has 1 unspecified atom stereocenters. The van der Waals surface area contributed by atoms with Crippen molar-refractivity contribution in [3.8, 4) is 0 Å². The molecule has 2 heterocycles. The lowest BCUT2D eigenvalue weighted by Gasteiger charge is -2.19. The average Bonchev–Trinajstić information content (AvgIpc) is 3.06. The van der Waals surface area contributed by atoms with Gasteiger partial charge in [-0.1, -0.05) is 0 Å². The third-order valence-corrected chi connectivity index (χ3v) is 3.72. The zero-order valence-corrected chi connectivity index (χ0v) is 16.5. The Labute approximate surface area is 156 Å². The van der Waals surface area contributed by atoms with Crippen molar-refractivity contribution >= 4 is 35.8 Å². The number of anilines is 1. The topological polar surface area (TPSA) is 61.8 Å². The molecule has 0 radical (unpaired) electrons. The number of nitrogens with zero attached hydrogens (tertiary/aromatic N) is 3. The van der Waals surface area contributed by atoms with Crippen LogP contribution >= 0.6 is 24.0 Å². The lowest BCUT2D eigenvalue weighted by atomic mass is 10.2. The van der Waals surface area contributed by atoms with Gasteiger partial charge in [0.15, 0.2) is 5.96 Å². The zero-order chi connectivity index (χ0) is 15.8. The second-order valence-electron chi connectivity index (χ2n) is 5.64. The van der Waals surface area contributed by atoms with Gasteiger partial charge in [-0.25, -0.2) is 4.98 Å². The maximum Gasteiger partial charge on any atom is 0.191 e. The fourth-order valence-electron chi connectivity index (χ4n) is 2.60. The summed E-state index contributed by atoms with van der Waals surface area (Å²) in [6.07, 6.45) is 4.41. The highest BCUT2D eigenvalue weighted by molar-refractivity contribution is 14.0. The molecule has 1 aromatic heterocycles. The highest BCUT2D eigenvalue weighted by Crippen LogP contribution is 2.18. The van der Waals surface area contributed by atoms with Crippen LogP contribution in [0.2, 0.25) is 0 Å². The lowest BCUT2D eigenvalue weighted by molar-refractivity contribution is 0.179. The number of rotatable bonds is 6. The molecule has 1 aromatic rings. The molecule has 0 bridgehead atoms. The van der Waals surface area contributed by atoms with E-state index in [0.717, 1.165) is 31.4 Å². The van der Waals surface area contributed by atoms with Gasteiger partial charge in [-0.3, -0.25) is 4.99 Å². The Morgan fingerprint density at radius 2 is 2.17 bits per heavy atom. The Kier molecular flexibility index (Phi) is 9.23. The molecule has 0 saturated carbocycles. The summed E-state index contributed by atoms with van der Waals surface area (Å²) in [7, 11) is 3.47. The lowest BCUT2D eigenvalue weighted by Crippen LogP contribution is -2.43. The van der Waals surface area contributed by atoms with Crippen molar-refractivity contribution in [2.75, 3.05) is 38.8 Å². The van der Waals surface area contributed by atoms with Gasteiger partial charge in [-0.15, -0.1) is 24.0 Å². The van der Waals surface area contributed by atoms with E-state index in [9.17, 15) is 0 Å². The predicted octanol–water partition coefficient (Wildman–Crippen LogP) is 2.00. The Bertz CT molecular complexity index is 491. The molecule has 1 saturated heterocycles. The van der Waals surface area contributed by atoms with Crippen molar-refractivity contribution in [2.24, 2.45) is 4.99 Å². The first kappa shape index (κ1) is 20.0. The van der Waals surface area contributed by atoms with Crippen LogP contribution in [0.1, 0.15) is 25.3 Å². The maximum absolute atomic E-state index is 5.13. The second-order valence-corrected chi connectivity index (χ2v) is 5.64. The largest absolute Gasteiger partial charge is 0.383 e. The molecule has 2 N–H and O–H groups in total. The highest BCUT2D eigenvalue weighted by Gasteiger charge is 2.13. The van der Waals surface area contributed by atoms with Crippen LogP contribution < -0.4 is 15.5 Å². The van der Waals surface area contributed by atoms with Crippen molar-refractivity contribution in [1.29, 1.82) is 0 Å². The van der Waals surface area contributed by atoms with E-state index < -0.39 is 0 Å². The number of aliphatic imine (C=N–C) groups is 1. The Hall–Kier alpha value is -1.09. The molecule has 0 aliphatic carbocycles. The third kappa shape index (κ3) is 6.50. The molecule has 7 heteroatoms. The van der Waals surface area contributed by atoms with Crippen molar-refractivity contribution in [2.45, 2.75) is 32.4 Å². The Morgan fingerprint density at radius 1 is 1.43 bits per heavy atom. The minimum absolute atomic E-state index is 0. The zero-order valence-electron chi connectivity index (χ0n) is 14.2. The first-order valence-electron chi connectivity index (χ1n) is 7.89. The maximum atomic E-state index is 5.13. The van der Waals surface area contributed by atoms with Gasteiger partial charge >= 0.3 is 0 Å². The van der Waals surface area contributed by atoms with Crippen LogP contribution in [0.5, 0.6) is 0 Å². The number of nitrogens with one attached hydrogen (secondary N) is 2. The second kappa shape index (κ2) is 10.6. The van der Waals surface area contributed by atoms with E-state index in [4.69, 9.17) is 4.74 Å². The van der Waals surface area contributed by atoms with Crippen LogP contribution in [0.25, 0.3) is 0 Å². The summed E-state index contributed by atoms with van der Waals surface area (Å²) < 4.78 is 5.13. The Morgan fingerprint density at radius 3 is 2.83 bits per heavy atom. The van der Waals surface area contributed by atoms with E-state index >= 15 is 0 Å². The SMILES string of the molecule is CN=C(NCc1ccnc(N2CCCC2)c1)NC(C)COC.I. The van der Waals surface area contributed by atoms with Crippen LogP contribution in [0, 0.1) is 0 Å².